The van der Waals surface area contributed by atoms with Gasteiger partial charge in [0.15, 0.2) is 5.69 Å². The molecule has 7 nitrogen and oxygen atoms in total. The minimum absolute atomic E-state index is 0.124. The molecule has 128 valence electrons. The molecule has 0 spiro atoms. The molecule has 0 saturated heterocycles. The lowest BCUT2D eigenvalue weighted by Crippen LogP contribution is -2.47. The summed E-state index contributed by atoms with van der Waals surface area (Å²) in [5.41, 5.74) is 0.366. The van der Waals surface area contributed by atoms with Crippen LogP contribution in [0.2, 0.25) is 0 Å². The third kappa shape index (κ3) is 4.76. The zero-order chi connectivity index (χ0) is 17.7. The monoisotopic (exact) mass is 348 g/mol. The van der Waals surface area contributed by atoms with E-state index in [1.807, 2.05) is 20.8 Å². The van der Waals surface area contributed by atoms with Gasteiger partial charge >= 0.3 is 0 Å². The molecule has 1 N–H and O–H groups in total. The zero-order valence-corrected chi connectivity index (χ0v) is 14.9. The van der Waals surface area contributed by atoms with Gasteiger partial charge in [-0.2, -0.15) is 0 Å². The number of ether oxygens (including phenoxy) is 1. The molecule has 0 aliphatic carbocycles. The summed E-state index contributed by atoms with van der Waals surface area (Å²) in [7, 11) is 1.54. The van der Waals surface area contributed by atoms with Crippen molar-refractivity contribution >= 4 is 29.0 Å². The lowest BCUT2D eigenvalue weighted by molar-refractivity contribution is -0.121. The maximum atomic E-state index is 12.7. The number of nitrogens with zero attached hydrogens (tertiary/aromatic N) is 3. The normalized spacial score (nSPS) is 11.0. The minimum atomic E-state index is -0.388. The van der Waals surface area contributed by atoms with E-state index in [9.17, 15) is 9.59 Å². The van der Waals surface area contributed by atoms with Gasteiger partial charge in [0.25, 0.3) is 5.91 Å². The molecule has 2 amide bonds. The van der Waals surface area contributed by atoms with Gasteiger partial charge in [0.2, 0.25) is 5.91 Å². The maximum absolute atomic E-state index is 12.7. The van der Waals surface area contributed by atoms with Gasteiger partial charge < -0.3 is 10.1 Å². The number of hydrogen-bond acceptors (Lipinski definition) is 6. The molecule has 1 heterocycles. The van der Waals surface area contributed by atoms with Gasteiger partial charge in [0.1, 0.15) is 12.3 Å². The molecule has 0 saturated carbocycles. The van der Waals surface area contributed by atoms with Crippen molar-refractivity contribution in [1.29, 1.82) is 0 Å². The summed E-state index contributed by atoms with van der Waals surface area (Å²) < 4.78 is 8.91. The van der Waals surface area contributed by atoms with Gasteiger partial charge in [0, 0.05) is 22.7 Å². The van der Waals surface area contributed by atoms with Gasteiger partial charge in [-0.15, -0.1) is 5.10 Å². The quantitative estimate of drug-likeness (QED) is 0.894. The van der Waals surface area contributed by atoms with Gasteiger partial charge in [-0.3, -0.25) is 14.5 Å². The second-order valence-corrected chi connectivity index (χ2v) is 6.79. The topological polar surface area (TPSA) is 84.4 Å². The molecule has 1 aromatic carbocycles. The highest BCUT2D eigenvalue weighted by Gasteiger charge is 2.24. The van der Waals surface area contributed by atoms with Crippen LogP contribution in [0.15, 0.2) is 29.6 Å². The summed E-state index contributed by atoms with van der Waals surface area (Å²) in [6.45, 7) is 5.52. The summed E-state index contributed by atoms with van der Waals surface area (Å²) in [6, 6.07) is 6.97. The number of amides is 2. The average molecular weight is 348 g/mol. The first-order valence-electron chi connectivity index (χ1n) is 7.34. The van der Waals surface area contributed by atoms with Crippen LogP contribution in [0, 0.1) is 0 Å². The number of benzene rings is 1. The molecule has 0 fully saturated rings. The van der Waals surface area contributed by atoms with Gasteiger partial charge in [-0.25, -0.2) is 0 Å². The molecule has 0 aliphatic rings. The summed E-state index contributed by atoms with van der Waals surface area (Å²) in [5, 5.41) is 8.20. The first-order valence-corrected chi connectivity index (χ1v) is 8.18. The number of rotatable bonds is 5. The molecule has 0 aliphatic heterocycles. The van der Waals surface area contributed by atoms with Crippen LogP contribution in [0.4, 0.5) is 5.69 Å². The molecule has 0 bridgehead atoms. The van der Waals surface area contributed by atoms with E-state index in [0.29, 0.717) is 11.4 Å². The number of anilines is 1. The summed E-state index contributed by atoms with van der Waals surface area (Å²) >= 11 is 1.08. The number of carbonyl (C=O) groups excluding carboxylic acids is 2. The fourth-order valence-electron chi connectivity index (χ4n) is 2.06. The number of carbonyl (C=O) groups is 2. The van der Waals surface area contributed by atoms with Crippen LogP contribution in [0.3, 0.4) is 0 Å². The molecule has 2 aromatic rings. The van der Waals surface area contributed by atoms with Crippen LogP contribution in [-0.2, 0) is 4.79 Å². The zero-order valence-electron chi connectivity index (χ0n) is 14.1. The molecular formula is C16H20N4O3S. The first-order chi connectivity index (χ1) is 11.3. The molecule has 24 heavy (non-hydrogen) atoms. The third-order valence-electron chi connectivity index (χ3n) is 3.01. The van der Waals surface area contributed by atoms with Gasteiger partial charge in [-0.1, -0.05) is 10.6 Å². The van der Waals surface area contributed by atoms with Crippen LogP contribution in [0.5, 0.6) is 5.75 Å². The Bertz CT molecular complexity index is 710. The minimum Gasteiger partial charge on any atom is -0.497 e. The Morgan fingerprint density at radius 3 is 2.67 bits per heavy atom. The Hall–Kier alpha value is -2.48. The molecule has 2 rings (SSSR count). The first kappa shape index (κ1) is 17.9. The Morgan fingerprint density at radius 1 is 1.33 bits per heavy atom. The number of nitrogens with one attached hydrogen (secondary N) is 1. The Morgan fingerprint density at radius 2 is 2.08 bits per heavy atom. The van der Waals surface area contributed by atoms with Crippen LogP contribution in [0.25, 0.3) is 0 Å². The van der Waals surface area contributed by atoms with E-state index in [2.05, 4.69) is 14.9 Å². The van der Waals surface area contributed by atoms with E-state index in [-0.39, 0.29) is 29.6 Å². The Balaban J connectivity index is 2.30. The highest BCUT2D eigenvalue weighted by molar-refractivity contribution is 7.03. The molecule has 8 heteroatoms. The van der Waals surface area contributed by atoms with E-state index < -0.39 is 0 Å². The fourth-order valence-corrected chi connectivity index (χ4v) is 2.49. The smallest absolute Gasteiger partial charge is 0.280 e. The molecule has 0 radical (unpaired) electrons. The highest BCUT2D eigenvalue weighted by atomic mass is 32.1. The SMILES string of the molecule is COc1cccc(N(CC(=O)NC(C)(C)C)C(=O)c2csnn2)c1. The molecular weight excluding hydrogens is 328 g/mol. The van der Waals surface area contributed by atoms with Crippen molar-refractivity contribution < 1.29 is 14.3 Å². The second kappa shape index (κ2) is 7.39. The molecule has 1 aromatic heterocycles. The number of hydrogen-bond donors (Lipinski definition) is 1. The predicted octanol–water partition coefficient (Wildman–Crippen LogP) is 2.11. The van der Waals surface area contributed by atoms with Gasteiger partial charge in [-0.05, 0) is 44.4 Å². The van der Waals surface area contributed by atoms with Crippen LogP contribution >= 0.6 is 11.5 Å². The van der Waals surface area contributed by atoms with Crippen LogP contribution in [-0.4, -0.2) is 40.6 Å². The van der Waals surface area contributed by atoms with Crippen molar-refractivity contribution in [3.05, 3.63) is 35.3 Å². The van der Waals surface area contributed by atoms with Gasteiger partial charge in [0.05, 0.1) is 7.11 Å². The Labute approximate surface area is 144 Å². The van der Waals surface area contributed by atoms with Crippen LogP contribution in [0.1, 0.15) is 31.3 Å². The largest absolute Gasteiger partial charge is 0.497 e. The summed E-state index contributed by atoms with van der Waals surface area (Å²) in [5.74, 6) is -0.0548. The van der Waals surface area contributed by atoms with Crippen molar-refractivity contribution in [2.24, 2.45) is 0 Å². The van der Waals surface area contributed by atoms with Crippen molar-refractivity contribution in [2.75, 3.05) is 18.6 Å². The Kier molecular flexibility index (Phi) is 5.50. The van der Waals surface area contributed by atoms with Crippen molar-refractivity contribution in [3.63, 3.8) is 0 Å². The fraction of sp³-hybridized carbons (Fsp3) is 0.375. The average Bonchev–Trinajstić information content (AvgIpc) is 3.04. The van der Waals surface area contributed by atoms with Crippen molar-refractivity contribution in [3.8, 4) is 5.75 Å². The third-order valence-corrected chi connectivity index (χ3v) is 3.51. The summed E-state index contributed by atoms with van der Waals surface area (Å²) in [4.78, 5) is 26.4. The predicted molar refractivity (Wildman–Crippen MR) is 92.5 cm³/mol. The standard InChI is InChI=1S/C16H20N4O3S/c1-16(2,3)17-14(21)9-20(15(22)13-10-24-19-18-13)11-6-5-7-12(8-11)23-4/h5-8,10H,9H2,1-4H3,(H,17,21). The maximum Gasteiger partial charge on any atom is 0.280 e. The lowest BCUT2D eigenvalue weighted by Gasteiger charge is -2.25. The van der Waals surface area contributed by atoms with E-state index in [1.165, 1.54) is 4.90 Å². The number of methoxy groups -OCH3 is 1. The van der Waals surface area contributed by atoms with Crippen molar-refractivity contribution in [1.82, 2.24) is 14.9 Å². The van der Waals surface area contributed by atoms with Crippen molar-refractivity contribution in [2.45, 2.75) is 26.3 Å². The second-order valence-electron chi connectivity index (χ2n) is 6.18. The van der Waals surface area contributed by atoms with E-state index >= 15 is 0 Å². The van der Waals surface area contributed by atoms with Crippen LogP contribution < -0.4 is 15.0 Å². The van der Waals surface area contributed by atoms with E-state index in [4.69, 9.17) is 4.74 Å². The molecule has 0 atom stereocenters. The molecule has 0 unspecified atom stereocenters. The lowest BCUT2D eigenvalue weighted by atomic mass is 10.1. The highest BCUT2D eigenvalue weighted by Crippen LogP contribution is 2.22. The number of aromatic nitrogens is 2. The summed E-state index contributed by atoms with van der Waals surface area (Å²) in [6.07, 6.45) is 0. The van der Waals surface area contributed by atoms with E-state index in [0.717, 1.165) is 11.5 Å². The van der Waals surface area contributed by atoms with E-state index in [1.54, 1.807) is 36.8 Å².